The van der Waals surface area contributed by atoms with Gasteiger partial charge in [-0.05, 0) is 48.4 Å². The fraction of sp³-hybridized carbons (Fsp3) is 0.647. The zero-order valence-corrected chi connectivity index (χ0v) is 13.0. The van der Waals surface area contributed by atoms with E-state index < -0.39 is 0 Å². The molecule has 0 fully saturated rings. The van der Waals surface area contributed by atoms with Crippen LogP contribution in [-0.2, 0) is 6.42 Å². The van der Waals surface area contributed by atoms with Crippen LogP contribution in [0.4, 0.5) is 0 Å². The number of nitrogens with two attached hydrogens (primary N) is 1. The molecule has 2 heteroatoms. The fourth-order valence-corrected chi connectivity index (χ4v) is 2.21. The minimum absolute atomic E-state index is 0.302. The molecule has 0 spiro atoms. The Balaban J connectivity index is 2.29. The zero-order valence-electron chi connectivity index (χ0n) is 13.0. The van der Waals surface area contributed by atoms with E-state index >= 15 is 0 Å². The van der Waals surface area contributed by atoms with Crippen molar-refractivity contribution in [3.05, 3.63) is 35.4 Å². The molecule has 0 saturated heterocycles. The maximum Gasteiger partial charge on any atom is 0.000312 e. The molecule has 0 amide bonds. The van der Waals surface area contributed by atoms with Crippen molar-refractivity contribution in [2.75, 3.05) is 19.6 Å². The van der Waals surface area contributed by atoms with Gasteiger partial charge in [0, 0.05) is 6.54 Å². The summed E-state index contributed by atoms with van der Waals surface area (Å²) < 4.78 is 0. The summed E-state index contributed by atoms with van der Waals surface area (Å²) in [6.45, 7) is 11.8. The Morgan fingerprint density at radius 2 is 1.79 bits per heavy atom. The molecule has 0 radical (unpaired) electrons. The molecule has 3 N–H and O–H groups in total. The smallest absolute Gasteiger partial charge is 0.000312 e. The van der Waals surface area contributed by atoms with Gasteiger partial charge in [0.05, 0.1) is 0 Å². The van der Waals surface area contributed by atoms with Crippen LogP contribution < -0.4 is 11.1 Å². The molecule has 0 aliphatic heterocycles. The number of hydrogen-bond donors (Lipinski definition) is 2. The van der Waals surface area contributed by atoms with Crippen LogP contribution in [0.2, 0.25) is 0 Å². The van der Waals surface area contributed by atoms with E-state index in [9.17, 15) is 0 Å². The molecule has 19 heavy (non-hydrogen) atoms. The maximum atomic E-state index is 5.62. The molecule has 0 unspecified atom stereocenters. The molecule has 1 aromatic rings. The van der Waals surface area contributed by atoms with Crippen LogP contribution in [0.5, 0.6) is 0 Å². The van der Waals surface area contributed by atoms with Crippen LogP contribution in [0.15, 0.2) is 24.3 Å². The number of rotatable bonds is 8. The second-order valence-electron chi connectivity index (χ2n) is 6.53. The first-order chi connectivity index (χ1) is 8.94. The minimum Gasteiger partial charge on any atom is -0.330 e. The highest BCUT2D eigenvalue weighted by atomic mass is 14.9. The summed E-state index contributed by atoms with van der Waals surface area (Å²) in [5, 5.41) is 3.54. The lowest BCUT2D eigenvalue weighted by Crippen LogP contribution is -2.32. The van der Waals surface area contributed by atoms with Crippen LogP contribution in [0.3, 0.4) is 0 Å². The number of benzene rings is 1. The molecule has 0 aliphatic carbocycles. The Kier molecular flexibility index (Phi) is 6.53. The molecule has 0 aliphatic rings. The third-order valence-electron chi connectivity index (χ3n) is 3.66. The first-order valence-corrected chi connectivity index (χ1v) is 7.44. The lowest BCUT2D eigenvalue weighted by atomic mass is 9.89. The van der Waals surface area contributed by atoms with Gasteiger partial charge in [-0.2, -0.15) is 0 Å². The highest BCUT2D eigenvalue weighted by molar-refractivity contribution is 5.24. The average Bonchev–Trinajstić information content (AvgIpc) is 2.35. The molecule has 1 aromatic carbocycles. The Hall–Kier alpha value is -0.860. The van der Waals surface area contributed by atoms with Crippen molar-refractivity contribution >= 4 is 0 Å². The van der Waals surface area contributed by atoms with Crippen LogP contribution in [0.1, 0.15) is 51.2 Å². The van der Waals surface area contributed by atoms with Crippen LogP contribution in [0, 0.1) is 5.41 Å². The number of hydrogen-bond acceptors (Lipinski definition) is 2. The van der Waals surface area contributed by atoms with E-state index in [0.717, 1.165) is 32.5 Å². The minimum atomic E-state index is 0.302. The van der Waals surface area contributed by atoms with Crippen LogP contribution in [0.25, 0.3) is 0 Å². The Morgan fingerprint density at radius 1 is 1.16 bits per heavy atom. The first-order valence-electron chi connectivity index (χ1n) is 7.44. The summed E-state index contributed by atoms with van der Waals surface area (Å²) in [5.41, 5.74) is 8.75. The quantitative estimate of drug-likeness (QED) is 0.705. The van der Waals surface area contributed by atoms with Gasteiger partial charge in [-0.25, -0.2) is 0 Å². The lowest BCUT2D eigenvalue weighted by molar-refractivity contribution is 0.321. The van der Waals surface area contributed by atoms with Gasteiger partial charge in [0.15, 0.2) is 0 Å². The maximum absolute atomic E-state index is 5.62. The largest absolute Gasteiger partial charge is 0.330 e. The van der Waals surface area contributed by atoms with Gasteiger partial charge in [0.2, 0.25) is 0 Å². The van der Waals surface area contributed by atoms with Gasteiger partial charge in [0.25, 0.3) is 0 Å². The third kappa shape index (κ3) is 6.22. The summed E-state index contributed by atoms with van der Waals surface area (Å²) >= 11 is 0. The molecule has 1 rings (SSSR count). The van der Waals surface area contributed by atoms with E-state index in [1.165, 1.54) is 11.1 Å². The summed E-state index contributed by atoms with van der Waals surface area (Å²) in [6, 6.07) is 9.00. The molecule has 2 nitrogen and oxygen atoms in total. The first kappa shape index (κ1) is 16.2. The van der Waals surface area contributed by atoms with Gasteiger partial charge in [-0.15, -0.1) is 0 Å². The van der Waals surface area contributed by atoms with Crippen molar-refractivity contribution in [2.24, 2.45) is 11.1 Å². The fourth-order valence-electron chi connectivity index (χ4n) is 2.21. The van der Waals surface area contributed by atoms with E-state index in [2.05, 4.69) is 57.3 Å². The molecular formula is C17H30N2. The topological polar surface area (TPSA) is 38.0 Å². The van der Waals surface area contributed by atoms with Crippen molar-refractivity contribution in [3.8, 4) is 0 Å². The Bertz CT molecular complexity index is 352. The number of nitrogens with one attached hydrogen (secondary N) is 1. The monoisotopic (exact) mass is 262 g/mol. The van der Waals surface area contributed by atoms with Gasteiger partial charge in [-0.3, -0.25) is 0 Å². The van der Waals surface area contributed by atoms with E-state index in [4.69, 9.17) is 5.73 Å². The van der Waals surface area contributed by atoms with Crippen LogP contribution >= 0.6 is 0 Å². The van der Waals surface area contributed by atoms with Crippen molar-refractivity contribution < 1.29 is 0 Å². The van der Waals surface area contributed by atoms with E-state index in [1.807, 2.05) is 0 Å². The molecule has 0 bridgehead atoms. The molecule has 108 valence electrons. The van der Waals surface area contributed by atoms with E-state index in [-0.39, 0.29) is 0 Å². The summed E-state index contributed by atoms with van der Waals surface area (Å²) in [4.78, 5) is 0. The highest BCUT2D eigenvalue weighted by Crippen LogP contribution is 2.17. The van der Waals surface area contributed by atoms with Gasteiger partial charge >= 0.3 is 0 Å². The lowest BCUT2D eigenvalue weighted by Gasteiger charge is -2.24. The van der Waals surface area contributed by atoms with Crippen molar-refractivity contribution in [3.63, 3.8) is 0 Å². The highest BCUT2D eigenvalue weighted by Gasteiger charge is 2.15. The van der Waals surface area contributed by atoms with Gasteiger partial charge in [0.1, 0.15) is 0 Å². The SMILES string of the molecule is CC(C)c1ccc(CCNCC(C)(C)CCN)cc1. The Labute approximate surface area is 118 Å². The molecule has 0 heterocycles. The van der Waals surface area contributed by atoms with E-state index in [0.29, 0.717) is 11.3 Å². The predicted octanol–water partition coefficient (Wildman–Crippen LogP) is 3.32. The summed E-state index contributed by atoms with van der Waals surface area (Å²) in [7, 11) is 0. The normalized spacial score (nSPS) is 12.1. The molecular weight excluding hydrogens is 232 g/mol. The van der Waals surface area contributed by atoms with Crippen molar-refractivity contribution in [2.45, 2.75) is 46.5 Å². The summed E-state index contributed by atoms with van der Waals surface area (Å²) in [6.07, 6.45) is 2.17. The average molecular weight is 262 g/mol. The van der Waals surface area contributed by atoms with Crippen molar-refractivity contribution in [1.82, 2.24) is 5.32 Å². The zero-order chi connectivity index (χ0) is 14.3. The Morgan fingerprint density at radius 3 is 2.32 bits per heavy atom. The second-order valence-corrected chi connectivity index (χ2v) is 6.53. The van der Waals surface area contributed by atoms with E-state index in [1.54, 1.807) is 0 Å². The van der Waals surface area contributed by atoms with Crippen molar-refractivity contribution in [1.29, 1.82) is 0 Å². The van der Waals surface area contributed by atoms with Gasteiger partial charge in [-0.1, -0.05) is 52.0 Å². The third-order valence-corrected chi connectivity index (χ3v) is 3.66. The summed E-state index contributed by atoms with van der Waals surface area (Å²) in [5.74, 6) is 0.615. The van der Waals surface area contributed by atoms with Gasteiger partial charge < -0.3 is 11.1 Å². The predicted molar refractivity (Wildman–Crippen MR) is 84.6 cm³/mol. The second kappa shape index (κ2) is 7.66. The van der Waals surface area contributed by atoms with Crippen LogP contribution in [-0.4, -0.2) is 19.6 Å². The molecule has 0 saturated carbocycles. The standard InChI is InChI=1S/C17H30N2/c1-14(2)16-7-5-15(6-8-16)9-12-19-13-17(3,4)10-11-18/h5-8,14,19H,9-13,18H2,1-4H3. The molecule has 0 aromatic heterocycles. The molecule has 0 atom stereocenters.